The van der Waals surface area contributed by atoms with E-state index >= 15 is 0 Å². The van der Waals surface area contributed by atoms with E-state index < -0.39 is 23.9 Å². The Morgan fingerprint density at radius 1 is 1.22 bits per heavy atom. The molecule has 23 heavy (non-hydrogen) atoms. The maximum absolute atomic E-state index is 12.0. The van der Waals surface area contributed by atoms with Gasteiger partial charge in [0.2, 0.25) is 0 Å². The highest BCUT2D eigenvalue weighted by molar-refractivity contribution is 5.78. The summed E-state index contributed by atoms with van der Waals surface area (Å²) in [4.78, 5) is 23.8. The van der Waals surface area contributed by atoms with Crippen molar-refractivity contribution in [2.24, 2.45) is 5.92 Å². The Bertz CT molecular complexity index is 575. The Hall–Kier alpha value is -2.12. The van der Waals surface area contributed by atoms with Gasteiger partial charge in [0.25, 0.3) is 0 Å². The lowest BCUT2D eigenvalue weighted by Gasteiger charge is -2.23. The number of ether oxygens (including phenoxy) is 3. The van der Waals surface area contributed by atoms with Gasteiger partial charge in [-0.05, 0) is 11.6 Å². The van der Waals surface area contributed by atoms with Crippen molar-refractivity contribution in [1.82, 2.24) is 5.06 Å². The summed E-state index contributed by atoms with van der Waals surface area (Å²) in [5.74, 6) is -1.13. The Morgan fingerprint density at radius 2 is 1.91 bits per heavy atom. The molecule has 1 aliphatic heterocycles. The minimum atomic E-state index is -0.922. The third-order valence-corrected chi connectivity index (χ3v) is 4.24. The number of hydrogen-bond donors (Lipinski definition) is 1. The van der Waals surface area contributed by atoms with Crippen LogP contribution in [0.3, 0.4) is 0 Å². The van der Waals surface area contributed by atoms with Crippen LogP contribution in [-0.2, 0) is 19.1 Å². The Labute approximate surface area is 134 Å². The third-order valence-electron chi connectivity index (χ3n) is 4.24. The minimum absolute atomic E-state index is 0.00393. The largest absolute Gasteiger partial charge is 0.496 e. The van der Waals surface area contributed by atoms with Crippen LogP contribution in [-0.4, -0.2) is 56.1 Å². The molecule has 7 nitrogen and oxygen atoms in total. The Kier molecular flexibility index (Phi) is 5.57. The van der Waals surface area contributed by atoms with Gasteiger partial charge in [0.15, 0.2) is 0 Å². The average Bonchev–Trinajstić information content (AvgIpc) is 2.89. The molecule has 1 N–H and O–H groups in total. The lowest BCUT2D eigenvalue weighted by Crippen LogP contribution is -2.39. The number of hydroxylamine groups is 2. The van der Waals surface area contributed by atoms with Gasteiger partial charge in [-0.2, -0.15) is 5.06 Å². The van der Waals surface area contributed by atoms with Gasteiger partial charge in [-0.15, -0.1) is 0 Å². The maximum atomic E-state index is 12.0. The normalized spacial score (nSPS) is 24.3. The predicted octanol–water partition coefficient (Wildman–Crippen LogP) is 1.20. The van der Waals surface area contributed by atoms with Crippen LogP contribution in [0.15, 0.2) is 24.3 Å². The van der Waals surface area contributed by atoms with Crippen molar-refractivity contribution in [2.75, 3.05) is 27.9 Å². The molecule has 3 atom stereocenters. The molecule has 0 spiro atoms. The smallest absolute Gasteiger partial charge is 0.325 e. The molecule has 1 aromatic carbocycles. The second-order valence-electron chi connectivity index (χ2n) is 5.38. The highest BCUT2D eigenvalue weighted by Gasteiger charge is 2.48. The molecule has 1 aliphatic rings. The van der Waals surface area contributed by atoms with Crippen molar-refractivity contribution in [2.45, 2.75) is 18.4 Å². The van der Waals surface area contributed by atoms with E-state index in [1.165, 1.54) is 14.2 Å². The number of hydrogen-bond acceptors (Lipinski definition) is 7. The van der Waals surface area contributed by atoms with Crippen molar-refractivity contribution >= 4 is 11.9 Å². The summed E-state index contributed by atoms with van der Waals surface area (Å²) in [7, 11) is 4.10. The van der Waals surface area contributed by atoms with Gasteiger partial charge < -0.3 is 19.4 Å². The fraction of sp³-hybridized carbons (Fsp3) is 0.500. The van der Waals surface area contributed by atoms with Crippen LogP contribution in [0, 0.1) is 5.92 Å². The summed E-state index contributed by atoms with van der Waals surface area (Å²) in [5, 5.41) is 11.1. The molecule has 0 aliphatic carbocycles. The van der Waals surface area contributed by atoms with E-state index in [1.807, 2.05) is 18.2 Å². The molecule has 1 aromatic rings. The lowest BCUT2D eigenvalue weighted by atomic mass is 9.82. The molecule has 1 saturated heterocycles. The van der Waals surface area contributed by atoms with Crippen molar-refractivity contribution in [3.63, 3.8) is 0 Å². The summed E-state index contributed by atoms with van der Waals surface area (Å²) in [6.45, 7) is 0.196. The van der Waals surface area contributed by atoms with E-state index in [-0.39, 0.29) is 18.9 Å². The van der Waals surface area contributed by atoms with E-state index in [1.54, 1.807) is 13.2 Å². The van der Waals surface area contributed by atoms with E-state index in [4.69, 9.17) is 14.2 Å². The van der Waals surface area contributed by atoms with Gasteiger partial charge in [-0.1, -0.05) is 18.2 Å². The molecule has 1 fully saturated rings. The zero-order valence-corrected chi connectivity index (χ0v) is 13.4. The van der Waals surface area contributed by atoms with Gasteiger partial charge in [-0.3, -0.25) is 9.59 Å². The van der Waals surface area contributed by atoms with E-state index in [0.29, 0.717) is 5.75 Å². The summed E-state index contributed by atoms with van der Waals surface area (Å²) in [6, 6.07) is 6.43. The summed E-state index contributed by atoms with van der Waals surface area (Å²) in [6.07, 6.45) is -0.00393. The van der Waals surface area contributed by atoms with Crippen molar-refractivity contribution < 1.29 is 29.0 Å². The van der Waals surface area contributed by atoms with Crippen LogP contribution in [0.4, 0.5) is 0 Å². The molecule has 0 unspecified atom stereocenters. The summed E-state index contributed by atoms with van der Waals surface area (Å²) in [5.41, 5.74) is 0.828. The van der Waals surface area contributed by atoms with Gasteiger partial charge in [0, 0.05) is 18.4 Å². The Morgan fingerprint density at radius 3 is 2.52 bits per heavy atom. The lowest BCUT2D eigenvalue weighted by molar-refractivity contribution is -0.168. The van der Waals surface area contributed by atoms with Crippen molar-refractivity contribution in [3.05, 3.63) is 29.8 Å². The summed E-state index contributed by atoms with van der Waals surface area (Å²) < 4.78 is 14.9. The quantitative estimate of drug-likeness (QED) is 0.815. The first-order chi connectivity index (χ1) is 11.0. The van der Waals surface area contributed by atoms with Crippen molar-refractivity contribution in [3.8, 4) is 5.75 Å². The SMILES string of the molecule is COC(=O)C[C@H]1[C@@H](c2ccccc2OC)CN(O)[C@H]1C(=O)OC. The van der Waals surface area contributed by atoms with Gasteiger partial charge in [0.05, 0.1) is 27.8 Å². The monoisotopic (exact) mass is 323 g/mol. The molecule has 0 bridgehead atoms. The second kappa shape index (κ2) is 7.43. The number of benzene rings is 1. The highest BCUT2D eigenvalue weighted by atomic mass is 16.5. The predicted molar refractivity (Wildman–Crippen MR) is 80.2 cm³/mol. The van der Waals surface area contributed by atoms with Crippen LogP contribution >= 0.6 is 0 Å². The molecule has 126 valence electrons. The molecule has 7 heteroatoms. The van der Waals surface area contributed by atoms with E-state index in [2.05, 4.69) is 0 Å². The van der Waals surface area contributed by atoms with Gasteiger partial charge >= 0.3 is 11.9 Å². The highest BCUT2D eigenvalue weighted by Crippen LogP contribution is 2.42. The molecule has 0 amide bonds. The molecule has 0 saturated carbocycles. The fourth-order valence-electron chi connectivity index (χ4n) is 3.14. The molecular formula is C16H21NO6. The number of para-hydroxylation sites is 1. The van der Waals surface area contributed by atoms with Crippen LogP contribution in [0.2, 0.25) is 0 Å². The van der Waals surface area contributed by atoms with Crippen LogP contribution in [0.1, 0.15) is 17.9 Å². The van der Waals surface area contributed by atoms with Crippen LogP contribution < -0.4 is 4.74 Å². The fourth-order valence-corrected chi connectivity index (χ4v) is 3.14. The minimum Gasteiger partial charge on any atom is -0.496 e. The van der Waals surface area contributed by atoms with E-state index in [9.17, 15) is 14.8 Å². The second-order valence-corrected chi connectivity index (χ2v) is 5.38. The number of nitrogens with zero attached hydrogens (tertiary/aromatic N) is 1. The number of rotatable bonds is 5. The Balaban J connectivity index is 2.40. The van der Waals surface area contributed by atoms with Gasteiger partial charge in [-0.25, -0.2) is 0 Å². The summed E-state index contributed by atoms with van der Waals surface area (Å²) >= 11 is 0. The van der Waals surface area contributed by atoms with Crippen molar-refractivity contribution in [1.29, 1.82) is 0 Å². The number of carbonyl (C=O) groups is 2. The first kappa shape index (κ1) is 17.2. The molecule has 0 radical (unpaired) electrons. The standard InChI is InChI=1S/C16H21NO6/c1-21-13-7-5-4-6-10(13)12-9-17(20)15(16(19)23-3)11(12)8-14(18)22-2/h4-7,11-12,15,20H,8-9H2,1-3H3/t11-,12+,15+/m0/s1. The number of methoxy groups -OCH3 is 3. The molecule has 2 rings (SSSR count). The van der Waals surface area contributed by atoms with Crippen LogP contribution in [0.25, 0.3) is 0 Å². The van der Waals surface area contributed by atoms with Crippen LogP contribution in [0.5, 0.6) is 5.75 Å². The topological polar surface area (TPSA) is 85.3 Å². The number of carbonyl (C=O) groups excluding carboxylic acids is 2. The molecule has 1 heterocycles. The van der Waals surface area contributed by atoms with E-state index in [0.717, 1.165) is 10.6 Å². The average molecular weight is 323 g/mol. The van der Waals surface area contributed by atoms with Gasteiger partial charge in [0.1, 0.15) is 11.8 Å². The first-order valence-corrected chi connectivity index (χ1v) is 7.26. The number of esters is 2. The zero-order valence-electron chi connectivity index (χ0n) is 13.4. The molecule has 0 aromatic heterocycles. The third kappa shape index (κ3) is 3.46. The molecular weight excluding hydrogens is 302 g/mol. The maximum Gasteiger partial charge on any atom is 0.325 e. The first-order valence-electron chi connectivity index (χ1n) is 7.26. The zero-order chi connectivity index (χ0) is 17.0.